The molecule has 0 saturated heterocycles. The van der Waals surface area contributed by atoms with Gasteiger partial charge in [-0.25, -0.2) is 4.98 Å². The van der Waals surface area contributed by atoms with Crippen LogP contribution in [0.2, 0.25) is 0 Å². The smallest absolute Gasteiger partial charge is 0.165 e. The maximum absolute atomic E-state index is 10.1. The van der Waals surface area contributed by atoms with Gasteiger partial charge in [0.2, 0.25) is 0 Å². The first-order valence-electron chi connectivity index (χ1n) is 11.5. The fraction of sp³-hybridized carbons (Fsp3) is 0.179. The summed E-state index contributed by atoms with van der Waals surface area (Å²) in [7, 11) is 0. The minimum atomic E-state index is -1.81. The largest absolute Gasteiger partial charge is 0.394 e. The maximum Gasteiger partial charge on any atom is 0.165 e. The summed E-state index contributed by atoms with van der Waals surface area (Å²) in [5.74, 6) is 0.126. The van der Waals surface area contributed by atoms with Gasteiger partial charge in [-0.3, -0.25) is 5.43 Å². The highest BCUT2D eigenvalue weighted by molar-refractivity contribution is 5.88. The monoisotopic (exact) mass is 498 g/mol. The van der Waals surface area contributed by atoms with Gasteiger partial charge in [-0.05, 0) is 28.5 Å². The number of benzene rings is 3. The van der Waals surface area contributed by atoms with Gasteiger partial charge in [0.15, 0.2) is 5.82 Å². The number of hydrogen-bond acceptors (Lipinski definition) is 9. The third kappa shape index (κ3) is 5.81. The molecule has 0 saturated carbocycles. The van der Waals surface area contributed by atoms with Gasteiger partial charge in [0.05, 0.1) is 18.5 Å². The van der Waals surface area contributed by atoms with E-state index in [1.165, 1.54) is 0 Å². The summed E-state index contributed by atoms with van der Waals surface area (Å²) in [6, 6.07) is 27.2. The van der Waals surface area contributed by atoms with E-state index < -0.39 is 31.0 Å². The molecule has 4 atom stereocenters. The zero-order valence-electron chi connectivity index (χ0n) is 19.7. The number of hydrogen-bond donors (Lipinski definition) is 6. The van der Waals surface area contributed by atoms with Crippen LogP contribution in [-0.4, -0.2) is 67.8 Å². The number of hydrazone groups is 1. The summed E-state index contributed by atoms with van der Waals surface area (Å²) in [6.07, 6.45) is -6.00. The first-order valence-corrected chi connectivity index (χ1v) is 11.5. The zero-order chi connectivity index (χ0) is 26.4. The van der Waals surface area contributed by atoms with Gasteiger partial charge >= 0.3 is 0 Å². The third-order valence-corrected chi connectivity index (χ3v) is 5.94. The van der Waals surface area contributed by atoms with Crippen LogP contribution < -0.4 is 5.43 Å². The molecule has 0 bridgehead atoms. The molecule has 3 aromatic carbocycles. The molecule has 6 N–H and O–H groups in total. The SMILES string of the molecule is N#Cc1c(-c2ccccc2)cc(-c2ccc3ccccc3c2)nc1N/N=C/[C@@H](O)[C@H](O)[C@@H](O)[C@H](O)CO. The van der Waals surface area contributed by atoms with E-state index >= 15 is 0 Å². The molecule has 0 spiro atoms. The number of nitriles is 1. The van der Waals surface area contributed by atoms with Crippen molar-refractivity contribution in [3.63, 3.8) is 0 Å². The molecule has 0 radical (unpaired) electrons. The average Bonchev–Trinajstić information content (AvgIpc) is 2.95. The van der Waals surface area contributed by atoms with Crippen molar-refractivity contribution in [1.82, 2.24) is 4.98 Å². The predicted molar refractivity (Wildman–Crippen MR) is 141 cm³/mol. The predicted octanol–water partition coefficient (Wildman–Crippen LogP) is 2.27. The average molecular weight is 499 g/mol. The number of aliphatic hydroxyl groups excluding tert-OH is 5. The van der Waals surface area contributed by atoms with Crippen molar-refractivity contribution in [2.45, 2.75) is 24.4 Å². The molecule has 0 amide bonds. The van der Waals surface area contributed by atoms with Crippen LogP contribution in [0.4, 0.5) is 5.82 Å². The molecule has 4 rings (SSSR count). The summed E-state index contributed by atoms with van der Waals surface area (Å²) in [4.78, 5) is 4.61. The van der Waals surface area contributed by atoms with Crippen molar-refractivity contribution < 1.29 is 25.5 Å². The van der Waals surface area contributed by atoms with Crippen LogP contribution in [0.3, 0.4) is 0 Å². The fourth-order valence-corrected chi connectivity index (χ4v) is 3.88. The van der Waals surface area contributed by atoms with Gasteiger partial charge in [-0.2, -0.15) is 10.4 Å². The number of pyridine rings is 1. The van der Waals surface area contributed by atoms with E-state index in [-0.39, 0.29) is 11.4 Å². The lowest BCUT2D eigenvalue weighted by Crippen LogP contribution is -2.46. The quantitative estimate of drug-likeness (QED) is 0.151. The Hall–Kier alpha value is -4.17. The van der Waals surface area contributed by atoms with Crippen molar-refractivity contribution in [1.29, 1.82) is 5.26 Å². The molecular weight excluding hydrogens is 472 g/mol. The second-order valence-electron chi connectivity index (χ2n) is 8.43. The lowest BCUT2D eigenvalue weighted by Gasteiger charge is -2.23. The highest BCUT2D eigenvalue weighted by Gasteiger charge is 2.29. The van der Waals surface area contributed by atoms with Gasteiger partial charge in [-0.15, -0.1) is 0 Å². The highest BCUT2D eigenvalue weighted by atomic mass is 16.4. The summed E-state index contributed by atoms with van der Waals surface area (Å²) in [6.45, 7) is -0.792. The van der Waals surface area contributed by atoms with Crippen molar-refractivity contribution in [3.8, 4) is 28.5 Å². The summed E-state index contributed by atoms with van der Waals surface area (Å²) in [5.41, 5.74) is 5.72. The lowest BCUT2D eigenvalue weighted by molar-refractivity contribution is -0.0999. The highest BCUT2D eigenvalue weighted by Crippen LogP contribution is 2.33. The molecular formula is C28H26N4O5. The van der Waals surface area contributed by atoms with Crippen molar-refractivity contribution >= 4 is 22.8 Å². The maximum atomic E-state index is 10.1. The lowest BCUT2D eigenvalue weighted by atomic mass is 9.97. The molecule has 1 heterocycles. The Bertz CT molecular complexity index is 1440. The molecule has 37 heavy (non-hydrogen) atoms. The summed E-state index contributed by atoms with van der Waals surface area (Å²) in [5, 5.41) is 64.3. The number of fused-ring (bicyclic) bond motifs is 1. The van der Waals surface area contributed by atoms with Crippen LogP contribution in [0.5, 0.6) is 0 Å². The molecule has 9 nitrogen and oxygen atoms in total. The Kier molecular flexibility index (Phi) is 8.20. The summed E-state index contributed by atoms with van der Waals surface area (Å²) >= 11 is 0. The molecule has 9 heteroatoms. The normalized spacial score (nSPS) is 14.7. The topological polar surface area (TPSA) is 162 Å². The van der Waals surface area contributed by atoms with Gasteiger partial charge in [-0.1, -0.05) is 66.7 Å². The second-order valence-corrected chi connectivity index (χ2v) is 8.43. The number of aromatic nitrogens is 1. The van der Waals surface area contributed by atoms with E-state index in [1.54, 1.807) is 0 Å². The molecule has 1 aromatic heterocycles. The Labute approximate surface area is 213 Å². The first kappa shape index (κ1) is 25.9. The molecule has 188 valence electrons. The number of nitrogens with zero attached hydrogens (tertiary/aromatic N) is 3. The standard InChI is InChI=1S/C28H26N4O5/c29-14-22-21(18-7-2-1-3-8-18)13-23(20-11-10-17-6-4-5-9-19(17)12-20)31-28(22)32-30-15-24(34)26(36)27(37)25(35)16-33/h1-13,15,24-27,33-37H,16H2,(H,31,32)/b30-15+/t24-,25-,26+,27+/m1/s1. The number of nitrogens with one attached hydrogen (secondary N) is 1. The van der Waals surface area contributed by atoms with Crippen LogP contribution in [0.25, 0.3) is 33.2 Å². The van der Waals surface area contributed by atoms with Crippen LogP contribution >= 0.6 is 0 Å². The van der Waals surface area contributed by atoms with Crippen molar-refractivity contribution in [2.75, 3.05) is 12.0 Å². The molecule has 0 unspecified atom stereocenters. The van der Waals surface area contributed by atoms with Crippen LogP contribution in [-0.2, 0) is 0 Å². The van der Waals surface area contributed by atoms with E-state index in [0.29, 0.717) is 11.3 Å². The van der Waals surface area contributed by atoms with Crippen LogP contribution in [0, 0.1) is 11.3 Å². The Morgan fingerprint density at radius 2 is 1.57 bits per heavy atom. The van der Waals surface area contributed by atoms with Crippen molar-refractivity contribution in [2.24, 2.45) is 5.10 Å². The Balaban J connectivity index is 1.73. The molecule has 4 aromatic rings. The first-order chi connectivity index (χ1) is 17.9. The molecule has 0 fully saturated rings. The number of anilines is 1. The fourth-order valence-electron chi connectivity index (χ4n) is 3.88. The van der Waals surface area contributed by atoms with E-state index in [4.69, 9.17) is 5.11 Å². The summed E-state index contributed by atoms with van der Waals surface area (Å²) < 4.78 is 0. The molecule has 0 aliphatic rings. The van der Waals surface area contributed by atoms with Gasteiger partial charge in [0, 0.05) is 11.1 Å². The third-order valence-electron chi connectivity index (χ3n) is 5.94. The van der Waals surface area contributed by atoms with E-state index in [9.17, 15) is 25.7 Å². The zero-order valence-corrected chi connectivity index (χ0v) is 19.7. The molecule has 0 aliphatic carbocycles. The number of aliphatic hydroxyl groups is 5. The minimum Gasteiger partial charge on any atom is -0.394 e. The molecule has 0 aliphatic heterocycles. The van der Waals surface area contributed by atoms with Gasteiger partial charge in [0.25, 0.3) is 0 Å². The Morgan fingerprint density at radius 1 is 0.865 bits per heavy atom. The minimum absolute atomic E-state index is 0.126. The number of rotatable bonds is 9. The Morgan fingerprint density at radius 3 is 2.27 bits per heavy atom. The van der Waals surface area contributed by atoms with Gasteiger partial charge in [0.1, 0.15) is 36.0 Å². The van der Waals surface area contributed by atoms with Crippen LogP contribution in [0.15, 0.2) is 84.0 Å². The van der Waals surface area contributed by atoms with Crippen molar-refractivity contribution in [3.05, 3.63) is 84.4 Å². The van der Waals surface area contributed by atoms with E-state index in [2.05, 4.69) is 21.6 Å². The van der Waals surface area contributed by atoms with E-state index in [1.807, 2.05) is 78.9 Å². The van der Waals surface area contributed by atoms with Crippen LogP contribution in [0.1, 0.15) is 5.56 Å². The second kappa shape index (κ2) is 11.7. The van der Waals surface area contributed by atoms with E-state index in [0.717, 1.165) is 28.1 Å². The van der Waals surface area contributed by atoms with Gasteiger partial charge < -0.3 is 25.5 Å².